The van der Waals surface area contributed by atoms with Crippen molar-refractivity contribution >= 4 is 22.3 Å². The molecule has 0 saturated carbocycles. The molecule has 0 unspecified atom stereocenters. The molecule has 16 heavy (non-hydrogen) atoms. The van der Waals surface area contributed by atoms with Crippen molar-refractivity contribution in [1.82, 2.24) is 4.98 Å². The van der Waals surface area contributed by atoms with Crippen molar-refractivity contribution in [2.45, 2.75) is 26.4 Å². The Balaban J connectivity index is 2.61. The van der Waals surface area contributed by atoms with Crippen LogP contribution in [0, 0.1) is 0 Å². The van der Waals surface area contributed by atoms with E-state index in [0.29, 0.717) is 18.2 Å². The fraction of sp³-hybridized carbons (Fsp3) is 0.600. The van der Waals surface area contributed by atoms with Crippen LogP contribution in [0.25, 0.3) is 0 Å². The van der Waals surface area contributed by atoms with E-state index < -0.39 is 5.97 Å². The maximum Gasteiger partial charge on any atom is 0.357 e. The molecule has 2 N–H and O–H groups in total. The highest BCUT2D eigenvalue weighted by Gasteiger charge is 2.20. The SMILES string of the molecule is CCOC(C)(C)CNc1scnc1C(=O)O. The minimum atomic E-state index is -1.02. The molecule has 5 nitrogen and oxygen atoms in total. The van der Waals surface area contributed by atoms with Gasteiger partial charge in [-0.1, -0.05) is 0 Å². The average molecular weight is 244 g/mol. The molecule has 0 aliphatic carbocycles. The van der Waals surface area contributed by atoms with E-state index in [9.17, 15) is 4.79 Å². The van der Waals surface area contributed by atoms with Gasteiger partial charge in [0.15, 0.2) is 5.69 Å². The number of anilines is 1. The lowest BCUT2D eigenvalue weighted by Crippen LogP contribution is -2.33. The lowest BCUT2D eigenvalue weighted by atomic mass is 10.1. The molecule has 0 fully saturated rings. The lowest BCUT2D eigenvalue weighted by molar-refractivity contribution is 0.000706. The summed E-state index contributed by atoms with van der Waals surface area (Å²) in [6.07, 6.45) is 0. The Morgan fingerprint density at radius 3 is 2.94 bits per heavy atom. The molecule has 6 heteroatoms. The summed E-state index contributed by atoms with van der Waals surface area (Å²) in [5.41, 5.74) is 1.26. The summed E-state index contributed by atoms with van der Waals surface area (Å²) in [7, 11) is 0. The van der Waals surface area contributed by atoms with Crippen LogP contribution in [0.15, 0.2) is 5.51 Å². The molecule has 90 valence electrons. The molecule has 0 atom stereocenters. The van der Waals surface area contributed by atoms with Crippen molar-refractivity contribution in [1.29, 1.82) is 0 Å². The number of ether oxygens (including phenoxy) is 1. The van der Waals surface area contributed by atoms with E-state index in [4.69, 9.17) is 9.84 Å². The second-order valence-corrected chi connectivity index (χ2v) is 4.74. The third-order valence-electron chi connectivity index (χ3n) is 1.98. The molecular formula is C10H16N2O3S. The number of aromatic carboxylic acids is 1. The zero-order valence-corrected chi connectivity index (χ0v) is 10.4. The van der Waals surface area contributed by atoms with Gasteiger partial charge in [-0.25, -0.2) is 9.78 Å². The van der Waals surface area contributed by atoms with Crippen LogP contribution in [0.4, 0.5) is 5.00 Å². The predicted octanol–water partition coefficient (Wildman–Crippen LogP) is 2.07. The van der Waals surface area contributed by atoms with E-state index in [1.165, 1.54) is 16.8 Å². The number of carboxylic acids is 1. The molecule has 0 amide bonds. The highest BCUT2D eigenvalue weighted by molar-refractivity contribution is 7.14. The summed E-state index contributed by atoms with van der Waals surface area (Å²) >= 11 is 1.28. The average Bonchev–Trinajstić information content (AvgIpc) is 2.62. The van der Waals surface area contributed by atoms with E-state index >= 15 is 0 Å². The van der Waals surface area contributed by atoms with Gasteiger partial charge in [-0.3, -0.25) is 0 Å². The van der Waals surface area contributed by atoms with E-state index in [2.05, 4.69) is 10.3 Å². The largest absolute Gasteiger partial charge is 0.476 e. The van der Waals surface area contributed by atoms with E-state index in [1.807, 2.05) is 20.8 Å². The van der Waals surface area contributed by atoms with E-state index in [1.54, 1.807) is 0 Å². The van der Waals surface area contributed by atoms with Crippen molar-refractivity contribution < 1.29 is 14.6 Å². The van der Waals surface area contributed by atoms with Crippen molar-refractivity contribution in [3.8, 4) is 0 Å². The molecule has 0 saturated heterocycles. The first kappa shape index (κ1) is 12.9. The number of hydrogen-bond donors (Lipinski definition) is 2. The topological polar surface area (TPSA) is 71.5 Å². The smallest absolute Gasteiger partial charge is 0.357 e. The Kier molecular flexibility index (Phi) is 4.26. The molecule has 0 radical (unpaired) electrons. The summed E-state index contributed by atoms with van der Waals surface area (Å²) in [4.78, 5) is 14.6. The number of rotatable bonds is 6. The fourth-order valence-corrected chi connectivity index (χ4v) is 1.93. The minimum absolute atomic E-state index is 0.0669. The van der Waals surface area contributed by atoms with Gasteiger partial charge in [-0.2, -0.15) is 0 Å². The van der Waals surface area contributed by atoms with Gasteiger partial charge in [-0.15, -0.1) is 11.3 Å². The van der Waals surface area contributed by atoms with Gasteiger partial charge < -0.3 is 15.2 Å². The number of carbonyl (C=O) groups is 1. The van der Waals surface area contributed by atoms with Gasteiger partial charge in [0.05, 0.1) is 11.1 Å². The van der Waals surface area contributed by atoms with Crippen LogP contribution in [0.1, 0.15) is 31.3 Å². The van der Waals surface area contributed by atoms with E-state index in [-0.39, 0.29) is 11.3 Å². The monoisotopic (exact) mass is 244 g/mol. The van der Waals surface area contributed by atoms with Crippen molar-refractivity contribution in [2.75, 3.05) is 18.5 Å². The molecule has 0 aliphatic rings. The third kappa shape index (κ3) is 3.46. The van der Waals surface area contributed by atoms with Crippen molar-refractivity contribution in [3.05, 3.63) is 11.2 Å². The number of thiazole rings is 1. The Labute approximate surface area is 98.5 Å². The zero-order valence-electron chi connectivity index (χ0n) is 9.61. The standard InChI is InChI=1S/C10H16N2O3S/c1-4-15-10(2,3)5-11-8-7(9(13)14)12-6-16-8/h6,11H,4-5H2,1-3H3,(H,13,14). The predicted molar refractivity (Wildman–Crippen MR) is 63.3 cm³/mol. The van der Waals surface area contributed by atoms with Crippen molar-refractivity contribution in [2.24, 2.45) is 0 Å². The number of hydrogen-bond acceptors (Lipinski definition) is 5. The number of aromatic nitrogens is 1. The first-order valence-electron chi connectivity index (χ1n) is 5.01. The molecule has 1 heterocycles. The Morgan fingerprint density at radius 2 is 2.38 bits per heavy atom. The van der Waals surface area contributed by atoms with Gasteiger partial charge in [0.2, 0.25) is 0 Å². The number of carboxylic acid groups (broad SMARTS) is 1. The molecule has 0 aliphatic heterocycles. The summed E-state index contributed by atoms with van der Waals surface area (Å²) in [5.74, 6) is -1.02. The maximum absolute atomic E-state index is 10.8. The van der Waals surface area contributed by atoms with Crippen LogP contribution < -0.4 is 5.32 Å². The zero-order chi connectivity index (χ0) is 12.2. The highest BCUT2D eigenvalue weighted by atomic mass is 32.1. The molecule has 1 rings (SSSR count). The van der Waals surface area contributed by atoms with Gasteiger partial charge in [0.1, 0.15) is 5.00 Å². The Bertz CT molecular complexity index is 363. The van der Waals surface area contributed by atoms with Crippen LogP contribution in [0.3, 0.4) is 0 Å². The van der Waals surface area contributed by atoms with Crippen LogP contribution in [-0.4, -0.2) is 34.8 Å². The normalized spacial score (nSPS) is 11.4. The molecule has 1 aromatic rings. The summed E-state index contributed by atoms with van der Waals surface area (Å²) in [5, 5.41) is 12.5. The van der Waals surface area contributed by atoms with Gasteiger partial charge in [0, 0.05) is 13.2 Å². The van der Waals surface area contributed by atoms with Crippen LogP contribution in [-0.2, 0) is 4.74 Å². The fourth-order valence-electron chi connectivity index (χ4n) is 1.26. The van der Waals surface area contributed by atoms with Gasteiger partial charge >= 0.3 is 5.97 Å². The van der Waals surface area contributed by atoms with Crippen LogP contribution in [0.2, 0.25) is 0 Å². The molecular weight excluding hydrogens is 228 g/mol. The van der Waals surface area contributed by atoms with E-state index in [0.717, 1.165) is 0 Å². The molecule has 0 spiro atoms. The number of nitrogens with zero attached hydrogens (tertiary/aromatic N) is 1. The molecule has 0 bridgehead atoms. The van der Waals surface area contributed by atoms with Gasteiger partial charge in [-0.05, 0) is 20.8 Å². The first-order chi connectivity index (χ1) is 7.46. The Morgan fingerprint density at radius 1 is 1.69 bits per heavy atom. The highest BCUT2D eigenvalue weighted by Crippen LogP contribution is 2.21. The van der Waals surface area contributed by atoms with Crippen molar-refractivity contribution in [3.63, 3.8) is 0 Å². The van der Waals surface area contributed by atoms with Gasteiger partial charge in [0.25, 0.3) is 0 Å². The minimum Gasteiger partial charge on any atom is -0.476 e. The van der Waals surface area contributed by atoms with Crippen LogP contribution in [0.5, 0.6) is 0 Å². The summed E-state index contributed by atoms with van der Waals surface area (Å²) in [6.45, 7) is 7.00. The third-order valence-corrected chi connectivity index (χ3v) is 2.76. The maximum atomic E-state index is 10.8. The second kappa shape index (κ2) is 5.27. The molecule has 0 aromatic carbocycles. The Hall–Kier alpha value is -1.14. The second-order valence-electron chi connectivity index (χ2n) is 3.88. The molecule has 1 aromatic heterocycles. The lowest BCUT2D eigenvalue weighted by Gasteiger charge is -2.25. The quantitative estimate of drug-likeness (QED) is 0.801. The summed E-state index contributed by atoms with van der Waals surface area (Å²) in [6, 6.07) is 0. The first-order valence-corrected chi connectivity index (χ1v) is 5.89. The number of nitrogens with one attached hydrogen (secondary N) is 1. The summed E-state index contributed by atoms with van der Waals surface area (Å²) < 4.78 is 5.50. The van der Waals surface area contributed by atoms with Crippen LogP contribution >= 0.6 is 11.3 Å².